The second-order valence-corrected chi connectivity index (χ2v) is 7.46. The van der Waals surface area contributed by atoms with Crippen LogP contribution in [0.4, 0.5) is 24.5 Å². The minimum atomic E-state index is -1.27. The average molecular weight is 545 g/mol. The molecule has 0 aromatic heterocycles. The Morgan fingerprint density at radius 2 is 1.55 bits per heavy atom. The van der Waals surface area contributed by atoms with Crippen molar-refractivity contribution in [2.45, 2.75) is 54.5 Å². The lowest BCUT2D eigenvalue weighted by atomic mass is 10.1. The molecule has 0 amide bonds. The van der Waals surface area contributed by atoms with Gasteiger partial charge in [0.15, 0.2) is 17.9 Å². The zero-order valence-electron chi connectivity index (χ0n) is 24.6. The number of hydroxylamine groups is 1. The van der Waals surface area contributed by atoms with Crippen LogP contribution in [0.1, 0.15) is 62.5 Å². The summed E-state index contributed by atoms with van der Waals surface area (Å²) >= 11 is 0. The van der Waals surface area contributed by atoms with E-state index in [2.05, 4.69) is 21.0 Å². The smallest absolute Gasteiger partial charge is 0.183 e. The van der Waals surface area contributed by atoms with Gasteiger partial charge < -0.3 is 25.2 Å². The number of anilines is 2. The maximum Gasteiger partial charge on any atom is 0.183 e. The number of benzene rings is 2. The lowest BCUT2D eigenvalue weighted by Crippen LogP contribution is -2.17. The second-order valence-electron chi connectivity index (χ2n) is 7.46. The largest absolute Gasteiger partial charge is 0.350 e. The molecule has 7 nitrogen and oxygen atoms in total. The monoisotopic (exact) mass is 544 g/mol. The lowest BCUT2D eigenvalue weighted by Gasteiger charge is -2.14. The van der Waals surface area contributed by atoms with E-state index in [1.807, 2.05) is 60.7 Å². The first kappa shape index (κ1) is 39.7. The highest BCUT2D eigenvalue weighted by molar-refractivity contribution is 5.86. The molecule has 0 aliphatic heterocycles. The van der Waals surface area contributed by atoms with Crippen molar-refractivity contribution in [3.05, 3.63) is 58.4 Å². The SMILES string of the molecule is CC.CC.CCONC.CN(C)C.Cc1ccc(Nc2c(C=O)cc(CNCCC=O)c(F)c2F)c(F)c1. The fraction of sp³-hybridized carbons (Fsp3) is 0.500. The fourth-order valence-electron chi connectivity index (χ4n) is 2.43. The number of rotatable bonds is 10. The zero-order valence-corrected chi connectivity index (χ0v) is 24.6. The van der Waals surface area contributed by atoms with Crippen molar-refractivity contribution in [3.8, 4) is 0 Å². The van der Waals surface area contributed by atoms with E-state index in [1.165, 1.54) is 18.2 Å². The maximum absolute atomic E-state index is 14.4. The van der Waals surface area contributed by atoms with Crippen LogP contribution in [0.2, 0.25) is 0 Å². The molecular weight excluding hydrogens is 497 g/mol. The Kier molecular flexibility index (Phi) is 27.0. The third-order valence-electron chi connectivity index (χ3n) is 3.87. The van der Waals surface area contributed by atoms with E-state index in [-0.39, 0.29) is 29.8 Å². The Hall–Kier alpha value is -2.79. The predicted molar refractivity (Wildman–Crippen MR) is 152 cm³/mol. The third kappa shape index (κ3) is 17.6. The van der Waals surface area contributed by atoms with Crippen LogP contribution < -0.4 is 16.1 Å². The summed E-state index contributed by atoms with van der Waals surface area (Å²) in [4.78, 5) is 28.1. The summed E-state index contributed by atoms with van der Waals surface area (Å²) in [5, 5.41) is 5.22. The van der Waals surface area contributed by atoms with E-state index in [1.54, 1.807) is 20.0 Å². The molecule has 38 heavy (non-hydrogen) atoms. The van der Waals surface area contributed by atoms with Gasteiger partial charge >= 0.3 is 0 Å². The Bertz CT molecular complexity index is 893. The van der Waals surface area contributed by atoms with Gasteiger partial charge in [-0.25, -0.2) is 18.7 Å². The maximum atomic E-state index is 14.4. The van der Waals surface area contributed by atoms with Crippen LogP contribution in [0.15, 0.2) is 24.3 Å². The molecule has 218 valence electrons. The van der Waals surface area contributed by atoms with Gasteiger partial charge in [-0.3, -0.25) is 4.79 Å². The lowest BCUT2D eigenvalue weighted by molar-refractivity contribution is -0.107. The summed E-state index contributed by atoms with van der Waals surface area (Å²) in [7, 11) is 7.74. The molecule has 0 aliphatic rings. The van der Waals surface area contributed by atoms with Crippen molar-refractivity contribution in [2.24, 2.45) is 0 Å². The Labute approximate surface area is 227 Å². The molecule has 0 heterocycles. The number of carbonyl (C=O) groups is 2. The Morgan fingerprint density at radius 3 is 1.97 bits per heavy atom. The Balaban J connectivity index is -0.000000793. The molecule has 0 aliphatic carbocycles. The fourth-order valence-corrected chi connectivity index (χ4v) is 2.43. The van der Waals surface area contributed by atoms with E-state index in [0.717, 1.165) is 6.61 Å². The summed E-state index contributed by atoms with van der Waals surface area (Å²) in [6.07, 6.45) is 1.30. The third-order valence-corrected chi connectivity index (χ3v) is 3.87. The van der Waals surface area contributed by atoms with Crippen molar-refractivity contribution in [1.82, 2.24) is 15.7 Å². The van der Waals surface area contributed by atoms with Gasteiger partial charge in [-0.1, -0.05) is 33.8 Å². The first-order valence-corrected chi connectivity index (χ1v) is 12.7. The molecule has 0 spiro atoms. The van der Waals surface area contributed by atoms with Crippen LogP contribution in [0.25, 0.3) is 0 Å². The number of carbonyl (C=O) groups excluding carboxylic acids is 2. The number of nitrogens with one attached hydrogen (secondary N) is 3. The van der Waals surface area contributed by atoms with Crippen LogP contribution >= 0.6 is 0 Å². The normalized spacial score (nSPS) is 9.32. The molecule has 0 radical (unpaired) electrons. The van der Waals surface area contributed by atoms with Crippen molar-refractivity contribution in [3.63, 3.8) is 0 Å². The van der Waals surface area contributed by atoms with Crippen molar-refractivity contribution in [1.29, 1.82) is 0 Å². The van der Waals surface area contributed by atoms with Gasteiger partial charge in [0.2, 0.25) is 0 Å². The summed E-state index contributed by atoms with van der Waals surface area (Å²) in [6, 6.07) is 5.41. The average Bonchev–Trinajstić information content (AvgIpc) is 2.90. The van der Waals surface area contributed by atoms with E-state index in [9.17, 15) is 22.8 Å². The van der Waals surface area contributed by atoms with Gasteiger partial charge in [0, 0.05) is 37.7 Å². The molecule has 3 N–H and O–H groups in total. The molecule has 2 rings (SSSR count). The summed E-state index contributed by atoms with van der Waals surface area (Å²) < 4.78 is 42.5. The molecule has 10 heteroatoms. The van der Waals surface area contributed by atoms with Crippen LogP contribution in [0, 0.1) is 24.4 Å². The van der Waals surface area contributed by atoms with Gasteiger partial charge in [-0.05, 0) is 58.8 Å². The van der Waals surface area contributed by atoms with Crippen LogP contribution in [0.5, 0.6) is 0 Å². The highest BCUT2D eigenvalue weighted by Crippen LogP contribution is 2.29. The predicted octanol–water partition coefficient (Wildman–Crippen LogP) is 6.03. The molecule has 2 aromatic rings. The number of hydrogen-bond donors (Lipinski definition) is 3. The van der Waals surface area contributed by atoms with Crippen molar-refractivity contribution < 1.29 is 27.6 Å². The van der Waals surface area contributed by atoms with Crippen molar-refractivity contribution in [2.75, 3.05) is 46.7 Å². The summed E-state index contributed by atoms with van der Waals surface area (Å²) in [5.41, 5.74) is 2.51. The standard InChI is InChI=1S/C18H17F3N2O2.C3H9NO.C3H9N.2C2H6/c1-11-3-4-15(14(19)7-11)23-18-13(10-25)8-12(16(20)17(18)21)9-22-5-2-6-24;1-3-5-4-2;1-4(2)3;2*1-2/h3-4,6-8,10,22-23H,2,5,9H2,1H3;4H,3H2,1-2H3;1-3H3;2*1-2H3. The highest BCUT2D eigenvalue weighted by atomic mass is 19.2. The Morgan fingerprint density at radius 1 is 0.974 bits per heavy atom. The number of hydrogen-bond acceptors (Lipinski definition) is 7. The molecule has 0 bridgehead atoms. The van der Waals surface area contributed by atoms with E-state index in [0.29, 0.717) is 24.7 Å². The summed E-state index contributed by atoms with van der Waals surface area (Å²) in [5.74, 6) is -3.05. The topological polar surface area (TPSA) is 82.7 Å². The molecular formula is C28H47F3N4O3. The van der Waals surface area contributed by atoms with E-state index >= 15 is 0 Å². The zero-order chi connectivity index (χ0) is 30.1. The molecule has 0 fully saturated rings. The minimum absolute atomic E-state index is 0.0450. The van der Waals surface area contributed by atoms with Gasteiger partial charge in [0.05, 0.1) is 18.0 Å². The van der Waals surface area contributed by atoms with E-state index < -0.39 is 23.1 Å². The molecule has 0 atom stereocenters. The van der Waals surface area contributed by atoms with Crippen LogP contribution in [-0.4, -0.2) is 58.8 Å². The van der Waals surface area contributed by atoms with Gasteiger partial charge in [0.25, 0.3) is 0 Å². The first-order chi connectivity index (χ1) is 18.1. The van der Waals surface area contributed by atoms with Gasteiger partial charge in [0.1, 0.15) is 12.1 Å². The molecule has 2 aromatic carbocycles. The van der Waals surface area contributed by atoms with Crippen molar-refractivity contribution >= 4 is 23.9 Å². The second kappa shape index (κ2) is 25.8. The van der Waals surface area contributed by atoms with Crippen LogP contribution in [0.3, 0.4) is 0 Å². The molecule has 0 saturated carbocycles. The first-order valence-electron chi connectivity index (χ1n) is 12.7. The minimum Gasteiger partial charge on any atom is -0.350 e. The quantitative estimate of drug-likeness (QED) is 0.191. The summed E-state index contributed by atoms with van der Waals surface area (Å²) in [6.45, 7) is 12.6. The highest BCUT2D eigenvalue weighted by Gasteiger charge is 2.19. The number of aryl methyl sites for hydroxylation is 1. The van der Waals surface area contributed by atoms with E-state index in [4.69, 9.17) is 0 Å². The van der Waals surface area contributed by atoms with Crippen LogP contribution in [-0.2, 0) is 16.2 Å². The number of halogens is 3. The number of nitrogens with zero attached hydrogens (tertiary/aromatic N) is 1. The molecule has 0 unspecified atom stereocenters. The number of aldehydes is 2. The molecule has 0 saturated heterocycles. The van der Waals surface area contributed by atoms with Gasteiger partial charge in [-0.2, -0.15) is 0 Å². The van der Waals surface area contributed by atoms with Gasteiger partial charge in [-0.15, -0.1) is 0 Å².